The van der Waals surface area contributed by atoms with Crippen LogP contribution in [-0.4, -0.2) is 17.6 Å². The Morgan fingerprint density at radius 1 is 1.38 bits per heavy atom. The van der Waals surface area contributed by atoms with Gasteiger partial charge in [-0.05, 0) is 12.5 Å². The van der Waals surface area contributed by atoms with Crippen molar-refractivity contribution < 1.29 is 9.53 Å². The molecule has 1 rings (SSSR count). The van der Waals surface area contributed by atoms with E-state index in [1.165, 1.54) is 25.2 Å². The monoisotopic (exact) mass is 222 g/mol. The number of carbonyl (C=O) groups is 1. The highest BCUT2D eigenvalue weighted by Crippen LogP contribution is 2.06. The van der Waals surface area contributed by atoms with Crippen LogP contribution in [-0.2, 0) is 4.74 Å². The van der Waals surface area contributed by atoms with Gasteiger partial charge in [-0.2, -0.15) is 0 Å². The predicted octanol–water partition coefficient (Wildman–Crippen LogP) is 2.40. The van der Waals surface area contributed by atoms with E-state index < -0.39 is 0 Å². The van der Waals surface area contributed by atoms with Crippen LogP contribution in [0.1, 0.15) is 43.0 Å². The van der Waals surface area contributed by atoms with Gasteiger partial charge < -0.3 is 10.5 Å². The normalized spacial score (nSPS) is 10.1. The molecule has 0 aliphatic heterocycles. The van der Waals surface area contributed by atoms with Crippen molar-refractivity contribution in [2.75, 3.05) is 12.3 Å². The lowest BCUT2D eigenvalue weighted by Gasteiger charge is -2.04. The molecule has 4 nitrogen and oxygen atoms in total. The average Bonchev–Trinajstić information content (AvgIpc) is 2.28. The number of nitrogens with zero attached hydrogens (tertiary/aromatic N) is 1. The molecule has 0 saturated heterocycles. The predicted molar refractivity (Wildman–Crippen MR) is 63.1 cm³/mol. The Balaban J connectivity index is 2.30. The van der Waals surface area contributed by atoms with Crippen molar-refractivity contribution in [3.8, 4) is 0 Å². The molecule has 0 fully saturated rings. The van der Waals surface area contributed by atoms with Gasteiger partial charge in [-0.15, -0.1) is 0 Å². The fourth-order valence-corrected chi connectivity index (χ4v) is 1.35. The number of rotatable bonds is 6. The second-order valence-corrected chi connectivity index (χ2v) is 3.70. The molecule has 0 aromatic carbocycles. The van der Waals surface area contributed by atoms with Crippen LogP contribution in [0.3, 0.4) is 0 Å². The van der Waals surface area contributed by atoms with Crippen LogP contribution in [0.5, 0.6) is 0 Å². The second-order valence-electron chi connectivity index (χ2n) is 3.70. The summed E-state index contributed by atoms with van der Waals surface area (Å²) in [4.78, 5) is 15.3. The van der Waals surface area contributed by atoms with Crippen molar-refractivity contribution >= 4 is 11.7 Å². The zero-order valence-electron chi connectivity index (χ0n) is 9.61. The molecule has 4 heteroatoms. The molecule has 0 amide bonds. The number of nitrogen functional groups attached to an aromatic ring is 1. The summed E-state index contributed by atoms with van der Waals surface area (Å²) in [6, 6.07) is 1.57. The Bertz CT molecular complexity index is 340. The minimum absolute atomic E-state index is 0.351. The van der Waals surface area contributed by atoms with Gasteiger partial charge in [-0.3, -0.25) is 4.98 Å². The molecule has 0 bridgehead atoms. The molecular formula is C12H18N2O2. The van der Waals surface area contributed by atoms with E-state index in [1.54, 1.807) is 6.07 Å². The molecule has 0 aliphatic rings. The third-order valence-electron chi connectivity index (χ3n) is 2.23. The van der Waals surface area contributed by atoms with Gasteiger partial charge in [0, 0.05) is 12.4 Å². The lowest BCUT2D eigenvalue weighted by Crippen LogP contribution is -2.07. The minimum atomic E-state index is -0.351. The van der Waals surface area contributed by atoms with Gasteiger partial charge in [0.2, 0.25) is 0 Å². The maximum absolute atomic E-state index is 11.5. The van der Waals surface area contributed by atoms with Crippen molar-refractivity contribution in [2.45, 2.75) is 32.6 Å². The van der Waals surface area contributed by atoms with E-state index in [-0.39, 0.29) is 5.97 Å². The van der Waals surface area contributed by atoms with E-state index >= 15 is 0 Å². The molecule has 1 heterocycles. The Hall–Kier alpha value is -1.58. The van der Waals surface area contributed by atoms with Crippen LogP contribution >= 0.6 is 0 Å². The molecule has 0 saturated carbocycles. The van der Waals surface area contributed by atoms with Crippen LogP contribution in [0.4, 0.5) is 5.69 Å². The molecule has 1 aromatic rings. The van der Waals surface area contributed by atoms with Crippen LogP contribution in [0.25, 0.3) is 0 Å². The molecule has 0 atom stereocenters. The number of anilines is 1. The smallest absolute Gasteiger partial charge is 0.339 e. The lowest BCUT2D eigenvalue weighted by molar-refractivity contribution is 0.0497. The Labute approximate surface area is 95.8 Å². The zero-order chi connectivity index (χ0) is 11.8. The number of carbonyl (C=O) groups excluding carboxylic acids is 1. The molecule has 1 aromatic heterocycles. The van der Waals surface area contributed by atoms with E-state index in [1.807, 2.05) is 0 Å². The first-order valence-corrected chi connectivity index (χ1v) is 5.61. The van der Waals surface area contributed by atoms with Crippen molar-refractivity contribution in [2.24, 2.45) is 0 Å². The van der Waals surface area contributed by atoms with E-state index in [0.717, 1.165) is 12.8 Å². The highest BCUT2D eigenvalue weighted by molar-refractivity contribution is 5.89. The average molecular weight is 222 g/mol. The van der Waals surface area contributed by atoms with E-state index in [2.05, 4.69) is 11.9 Å². The van der Waals surface area contributed by atoms with Crippen LogP contribution < -0.4 is 5.73 Å². The summed E-state index contributed by atoms with van der Waals surface area (Å²) >= 11 is 0. The maximum atomic E-state index is 11.5. The van der Waals surface area contributed by atoms with Gasteiger partial charge in [-0.25, -0.2) is 4.79 Å². The number of hydrogen-bond donors (Lipinski definition) is 1. The topological polar surface area (TPSA) is 65.2 Å². The van der Waals surface area contributed by atoms with Gasteiger partial charge in [0.1, 0.15) is 0 Å². The summed E-state index contributed by atoms with van der Waals surface area (Å²) in [5, 5.41) is 0. The quantitative estimate of drug-likeness (QED) is 0.593. The third kappa shape index (κ3) is 4.29. The highest BCUT2D eigenvalue weighted by Gasteiger charge is 2.07. The summed E-state index contributed by atoms with van der Waals surface area (Å²) in [7, 11) is 0. The molecule has 0 aliphatic carbocycles. The van der Waals surface area contributed by atoms with E-state index in [4.69, 9.17) is 10.5 Å². The first kappa shape index (κ1) is 12.5. The molecule has 0 spiro atoms. The van der Waals surface area contributed by atoms with Crippen molar-refractivity contribution in [1.29, 1.82) is 0 Å². The molecule has 2 N–H and O–H groups in total. The Morgan fingerprint density at radius 2 is 2.19 bits per heavy atom. The summed E-state index contributed by atoms with van der Waals surface area (Å²) in [6.07, 6.45) is 7.32. The van der Waals surface area contributed by atoms with Crippen molar-refractivity contribution in [3.05, 3.63) is 24.0 Å². The Morgan fingerprint density at radius 3 is 2.88 bits per heavy atom. The van der Waals surface area contributed by atoms with Crippen molar-refractivity contribution in [3.63, 3.8) is 0 Å². The molecule has 16 heavy (non-hydrogen) atoms. The number of aromatic nitrogens is 1. The summed E-state index contributed by atoms with van der Waals surface area (Å²) < 4.78 is 5.10. The Kier molecular flexibility index (Phi) is 5.32. The van der Waals surface area contributed by atoms with E-state index in [0.29, 0.717) is 17.9 Å². The van der Waals surface area contributed by atoms with Gasteiger partial charge >= 0.3 is 5.97 Å². The third-order valence-corrected chi connectivity index (χ3v) is 2.23. The molecule has 0 radical (unpaired) electrons. The fourth-order valence-electron chi connectivity index (χ4n) is 1.35. The molecule has 0 unspecified atom stereocenters. The fraction of sp³-hybridized carbons (Fsp3) is 0.500. The van der Waals surface area contributed by atoms with Crippen LogP contribution in [0.15, 0.2) is 18.5 Å². The van der Waals surface area contributed by atoms with Gasteiger partial charge in [-0.1, -0.05) is 26.2 Å². The lowest BCUT2D eigenvalue weighted by atomic mass is 10.2. The number of hydrogen-bond acceptors (Lipinski definition) is 4. The second kappa shape index (κ2) is 6.82. The maximum Gasteiger partial charge on any atom is 0.339 e. The molecular weight excluding hydrogens is 204 g/mol. The van der Waals surface area contributed by atoms with Gasteiger partial charge in [0.15, 0.2) is 0 Å². The summed E-state index contributed by atoms with van der Waals surface area (Å²) in [5.41, 5.74) is 6.41. The van der Waals surface area contributed by atoms with Gasteiger partial charge in [0.05, 0.1) is 17.9 Å². The first-order chi connectivity index (χ1) is 7.74. The van der Waals surface area contributed by atoms with Crippen LogP contribution in [0, 0.1) is 0 Å². The van der Waals surface area contributed by atoms with Gasteiger partial charge in [0.25, 0.3) is 0 Å². The standard InChI is InChI=1S/C12H18N2O2/c1-2-3-4-5-6-16-12(15)10-7-11(13)9-14-8-10/h7-9H,2-6,13H2,1H3. The summed E-state index contributed by atoms with van der Waals surface area (Å²) in [6.45, 7) is 2.61. The minimum Gasteiger partial charge on any atom is -0.462 e. The van der Waals surface area contributed by atoms with Crippen molar-refractivity contribution in [1.82, 2.24) is 4.98 Å². The van der Waals surface area contributed by atoms with E-state index in [9.17, 15) is 4.79 Å². The zero-order valence-corrected chi connectivity index (χ0v) is 9.61. The largest absolute Gasteiger partial charge is 0.462 e. The first-order valence-electron chi connectivity index (χ1n) is 5.61. The van der Waals surface area contributed by atoms with Crippen LogP contribution in [0.2, 0.25) is 0 Å². The number of unbranched alkanes of at least 4 members (excludes halogenated alkanes) is 3. The SMILES string of the molecule is CCCCCCOC(=O)c1cncc(N)c1. The molecule has 88 valence electrons. The number of ether oxygens (including phenoxy) is 1. The number of nitrogens with two attached hydrogens (primary N) is 1. The number of esters is 1. The number of pyridine rings is 1. The highest BCUT2D eigenvalue weighted by atomic mass is 16.5. The summed E-state index contributed by atoms with van der Waals surface area (Å²) in [5.74, 6) is -0.351.